The Labute approximate surface area is 146 Å². The first-order valence-corrected chi connectivity index (χ1v) is 7.06. The van der Waals surface area contributed by atoms with Crippen LogP contribution in [0.25, 0.3) is 10.9 Å². The fourth-order valence-corrected chi connectivity index (χ4v) is 2.30. The van der Waals surface area contributed by atoms with Gasteiger partial charge in [-0.3, -0.25) is 24.8 Å². The second kappa shape index (κ2) is 6.44. The number of halogens is 3. The number of H-pyrrole nitrogens is 2. The largest absolute Gasteiger partial charge is 0.573 e. The average molecular weight is 383 g/mol. The Morgan fingerprint density at radius 2 is 2.07 bits per heavy atom. The number of para-hydroxylation sites is 1. The van der Waals surface area contributed by atoms with Gasteiger partial charge in [-0.05, 0) is 12.1 Å². The maximum atomic E-state index is 12.4. The fourth-order valence-electron chi connectivity index (χ4n) is 2.30. The number of pyridine rings is 1. The minimum Gasteiger partial charge on any atom is -0.404 e. The van der Waals surface area contributed by atoms with E-state index in [9.17, 15) is 32.9 Å². The lowest BCUT2D eigenvalue weighted by Crippen LogP contribution is -2.21. The zero-order chi connectivity index (χ0) is 19.8. The number of nitro groups is 1. The van der Waals surface area contributed by atoms with Crippen LogP contribution in [0.1, 0.15) is 10.5 Å². The highest BCUT2D eigenvalue weighted by Crippen LogP contribution is 2.28. The molecule has 3 rings (SSSR count). The average Bonchev–Trinajstić information content (AvgIpc) is 3.06. The molecule has 0 spiro atoms. The van der Waals surface area contributed by atoms with Gasteiger partial charge in [0.05, 0.1) is 15.8 Å². The SMILES string of the molecule is O=C(Nc1c[nH]c2c(OC(F)(F)F)cccc2c1=O)c1[nH]ncc1[N+](=O)[O-]. The van der Waals surface area contributed by atoms with Crippen LogP contribution in [0.3, 0.4) is 0 Å². The number of hydrogen-bond acceptors (Lipinski definition) is 6. The highest BCUT2D eigenvalue weighted by molar-refractivity contribution is 6.06. The van der Waals surface area contributed by atoms with Gasteiger partial charge < -0.3 is 15.0 Å². The smallest absolute Gasteiger partial charge is 0.404 e. The topological polar surface area (TPSA) is 143 Å². The summed E-state index contributed by atoms with van der Waals surface area (Å²) in [5.41, 5.74) is -2.47. The van der Waals surface area contributed by atoms with Crippen molar-refractivity contribution in [2.24, 2.45) is 0 Å². The van der Waals surface area contributed by atoms with E-state index in [-0.39, 0.29) is 16.6 Å². The summed E-state index contributed by atoms with van der Waals surface area (Å²) in [5.74, 6) is -1.65. The van der Waals surface area contributed by atoms with Crippen LogP contribution in [0.4, 0.5) is 24.5 Å². The number of alkyl halides is 3. The molecule has 0 atom stereocenters. The van der Waals surface area contributed by atoms with Crippen molar-refractivity contribution in [3.63, 3.8) is 0 Å². The summed E-state index contributed by atoms with van der Waals surface area (Å²) >= 11 is 0. The van der Waals surface area contributed by atoms with E-state index in [2.05, 4.69) is 25.2 Å². The van der Waals surface area contributed by atoms with E-state index in [1.807, 2.05) is 0 Å². The number of benzene rings is 1. The Morgan fingerprint density at radius 1 is 1.33 bits per heavy atom. The van der Waals surface area contributed by atoms with Crippen molar-refractivity contribution in [1.29, 1.82) is 0 Å². The van der Waals surface area contributed by atoms with Crippen molar-refractivity contribution in [2.75, 3.05) is 5.32 Å². The molecule has 0 unspecified atom stereocenters. The number of aromatic nitrogens is 3. The van der Waals surface area contributed by atoms with Crippen molar-refractivity contribution < 1.29 is 27.6 Å². The molecular weight excluding hydrogens is 375 g/mol. The molecule has 2 aromatic heterocycles. The molecule has 3 N–H and O–H groups in total. The Kier molecular flexibility index (Phi) is 4.27. The molecule has 0 fully saturated rings. The molecule has 2 heterocycles. The van der Waals surface area contributed by atoms with Crippen LogP contribution in [0.2, 0.25) is 0 Å². The van der Waals surface area contributed by atoms with E-state index in [0.717, 1.165) is 18.5 Å². The number of anilines is 1. The molecule has 140 valence electrons. The Morgan fingerprint density at radius 3 is 2.74 bits per heavy atom. The number of carbonyl (C=O) groups excluding carboxylic acids is 1. The quantitative estimate of drug-likeness (QED) is 0.466. The minimum absolute atomic E-state index is 0.186. The van der Waals surface area contributed by atoms with Gasteiger partial charge in [-0.25, -0.2) is 0 Å². The number of carbonyl (C=O) groups is 1. The van der Waals surface area contributed by atoms with Gasteiger partial charge in [-0.15, -0.1) is 13.2 Å². The molecule has 10 nitrogen and oxygen atoms in total. The molecule has 0 radical (unpaired) electrons. The van der Waals surface area contributed by atoms with E-state index in [1.165, 1.54) is 12.1 Å². The number of amides is 1. The maximum Gasteiger partial charge on any atom is 0.573 e. The third-order valence-corrected chi connectivity index (χ3v) is 3.39. The van der Waals surface area contributed by atoms with Gasteiger partial charge in [0.2, 0.25) is 11.1 Å². The monoisotopic (exact) mass is 383 g/mol. The van der Waals surface area contributed by atoms with E-state index in [4.69, 9.17) is 0 Å². The molecule has 13 heteroatoms. The van der Waals surface area contributed by atoms with Gasteiger partial charge in [0.1, 0.15) is 11.9 Å². The molecule has 27 heavy (non-hydrogen) atoms. The third-order valence-electron chi connectivity index (χ3n) is 3.39. The lowest BCUT2D eigenvalue weighted by atomic mass is 10.2. The van der Waals surface area contributed by atoms with Crippen LogP contribution < -0.4 is 15.5 Å². The van der Waals surface area contributed by atoms with E-state index in [1.54, 1.807) is 0 Å². The number of nitrogens with zero attached hydrogens (tertiary/aromatic N) is 2. The van der Waals surface area contributed by atoms with Gasteiger partial charge >= 0.3 is 12.0 Å². The Bertz CT molecular complexity index is 1100. The normalized spacial score (nSPS) is 11.4. The van der Waals surface area contributed by atoms with Crippen LogP contribution in [0.15, 0.2) is 35.4 Å². The highest BCUT2D eigenvalue weighted by atomic mass is 19.4. The first-order chi connectivity index (χ1) is 12.7. The number of hydrogen-bond donors (Lipinski definition) is 3. The molecule has 0 bridgehead atoms. The predicted octanol–water partition coefficient (Wildman–Crippen LogP) is 2.31. The predicted molar refractivity (Wildman–Crippen MR) is 84.4 cm³/mol. The van der Waals surface area contributed by atoms with Crippen LogP contribution in [0.5, 0.6) is 5.75 Å². The van der Waals surface area contributed by atoms with Crippen LogP contribution in [-0.4, -0.2) is 32.4 Å². The second-order valence-electron chi connectivity index (χ2n) is 5.10. The minimum atomic E-state index is -4.96. The summed E-state index contributed by atoms with van der Waals surface area (Å²) in [5, 5.41) is 18.3. The van der Waals surface area contributed by atoms with E-state index < -0.39 is 39.8 Å². The molecule has 0 saturated heterocycles. The first-order valence-electron chi connectivity index (χ1n) is 7.06. The molecule has 3 aromatic rings. The van der Waals surface area contributed by atoms with Crippen molar-refractivity contribution >= 4 is 28.2 Å². The van der Waals surface area contributed by atoms with Gasteiger partial charge in [0.25, 0.3) is 5.91 Å². The Balaban J connectivity index is 1.98. The van der Waals surface area contributed by atoms with Gasteiger partial charge in [-0.2, -0.15) is 5.10 Å². The summed E-state index contributed by atoms with van der Waals surface area (Å²) in [7, 11) is 0. The molecule has 1 aromatic carbocycles. The summed E-state index contributed by atoms with van der Waals surface area (Å²) < 4.78 is 41.2. The first kappa shape index (κ1) is 17.9. The van der Waals surface area contributed by atoms with E-state index >= 15 is 0 Å². The lowest BCUT2D eigenvalue weighted by molar-refractivity contribution is -0.385. The molecule has 0 aliphatic heterocycles. The van der Waals surface area contributed by atoms with Crippen LogP contribution >= 0.6 is 0 Å². The van der Waals surface area contributed by atoms with Gasteiger partial charge in [0.15, 0.2) is 5.75 Å². The van der Waals surface area contributed by atoms with Crippen molar-refractivity contribution in [3.05, 3.63) is 56.6 Å². The van der Waals surface area contributed by atoms with Crippen molar-refractivity contribution in [3.8, 4) is 5.75 Å². The number of aromatic amines is 2. The molecule has 1 amide bonds. The van der Waals surface area contributed by atoms with Crippen LogP contribution in [0, 0.1) is 10.1 Å². The summed E-state index contributed by atoms with van der Waals surface area (Å²) in [6.07, 6.45) is -3.19. The van der Waals surface area contributed by atoms with Crippen LogP contribution in [-0.2, 0) is 0 Å². The number of rotatable bonds is 4. The standard InChI is InChI=1S/C14H8F3N5O5/c15-14(16,17)27-9-3-1-2-6-10(9)18-4-7(12(6)23)20-13(24)11-8(22(25)26)5-19-21-11/h1-5H,(H,18,23)(H,19,21)(H,20,24). The van der Waals surface area contributed by atoms with Crippen molar-refractivity contribution in [1.82, 2.24) is 15.2 Å². The fraction of sp³-hybridized carbons (Fsp3) is 0.0714. The second-order valence-corrected chi connectivity index (χ2v) is 5.10. The van der Waals surface area contributed by atoms with Gasteiger partial charge in [-0.1, -0.05) is 6.07 Å². The zero-order valence-corrected chi connectivity index (χ0v) is 13.0. The number of ether oxygens (including phenoxy) is 1. The lowest BCUT2D eigenvalue weighted by Gasteiger charge is -2.11. The summed E-state index contributed by atoms with van der Waals surface area (Å²) in [6.45, 7) is 0. The number of nitrogens with one attached hydrogen (secondary N) is 3. The summed E-state index contributed by atoms with van der Waals surface area (Å²) in [6, 6.07) is 3.41. The third kappa shape index (κ3) is 3.56. The summed E-state index contributed by atoms with van der Waals surface area (Å²) in [4.78, 5) is 37.0. The molecular formula is C14H8F3N5O5. The zero-order valence-electron chi connectivity index (χ0n) is 13.0. The number of fused-ring (bicyclic) bond motifs is 1. The highest BCUT2D eigenvalue weighted by Gasteiger charge is 2.32. The van der Waals surface area contributed by atoms with Gasteiger partial charge in [0, 0.05) is 6.20 Å². The maximum absolute atomic E-state index is 12.4. The Hall–Kier alpha value is -3.90. The van der Waals surface area contributed by atoms with E-state index in [0.29, 0.717) is 0 Å². The molecule has 0 aliphatic rings. The van der Waals surface area contributed by atoms with Crippen molar-refractivity contribution in [2.45, 2.75) is 6.36 Å². The molecule has 0 saturated carbocycles. The molecule has 0 aliphatic carbocycles.